The standard InChI is InChI=1S/C33H57NOSi2.C19H25NO.C2H6/c1-7-8-9-10-13-16-19-30-20-22-31(23-21-30)33-25-24-32(28-34-33)35-26-17-14-11-12-15-18-27-37(5,6)29-36(2,3)4;1-2-3-4-5-6-7-8-16-9-11-17(12-10-16)19-14-13-18(21)15-20-19;1-2/h20-25,28H,7-19,26-27,29H2,1-6H3;9-15,21H,2-8H2,1H3;1-2H3. The third-order valence-electron chi connectivity index (χ3n) is 11.1. The van der Waals surface area contributed by atoms with E-state index >= 15 is 0 Å². The average Bonchev–Trinajstić information content (AvgIpc) is 3.24. The number of aryl methyl sites for hydroxylation is 2. The minimum Gasteiger partial charge on any atom is -0.506 e. The molecule has 334 valence electrons. The summed E-state index contributed by atoms with van der Waals surface area (Å²) in [5.41, 5.74) is 8.62. The number of benzene rings is 2. The van der Waals surface area contributed by atoms with E-state index in [9.17, 15) is 5.11 Å². The molecule has 4 nitrogen and oxygen atoms in total. The van der Waals surface area contributed by atoms with Crippen LogP contribution in [0.1, 0.15) is 154 Å². The first-order valence-electron chi connectivity index (χ1n) is 24.4. The van der Waals surface area contributed by atoms with E-state index in [1.54, 1.807) is 11.7 Å². The van der Waals surface area contributed by atoms with Gasteiger partial charge in [0.2, 0.25) is 0 Å². The molecule has 0 aliphatic heterocycles. The van der Waals surface area contributed by atoms with Crippen LogP contribution in [0.15, 0.2) is 85.2 Å². The second kappa shape index (κ2) is 31.6. The summed E-state index contributed by atoms with van der Waals surface area (Å²) in [6.45, 7) is 22.1. The lowest BCUT2D eigenvalue weighted by Gasteiger charge is -2.29. The van der Waals surface area contributed by atoms with Crippen LogP contribution >= 0.6 is 0 Å². The van der Waals surface area contributed by atoms with Gasteiger partial charge in [0, 0.05) is 27.3 Å². The number of aromatic hydroxyl groups is 1. The largest absolute Gasteiger partial charge is 0.506 e. The van der Waals surface area contributed by atoms with Gasteiger partial charge in [-0.1, -0.05) is 217 Å². The zero-order valence-corrected chi connectivity index (χ0v) is 42.1. The number of pyridine rings is 2. The lowest BCUT2D eigenvalue weighted by Crippen LogP contribution is -2.37. The summed E-state index contributed by atoms with van der Waals surface area (Å²) < 4.78 is 5.96. The van der Waals surface area contributed by atoms with Crippen molar-refractivity contribution in [3.63, 3.8) is 0 Å². The van der Waals surface area contributed by atoms with Crippen molar-refractivity contribution in [1.29, 1.82) is 0 Å². The monoisotopic (exact) mass is 853 g/mol. The van der Waals surface area contributed by atoms with Gasteiger partial charge in [0.25, 0.3) is 0 Å². The van der Waals surface area contributed by atoms with Crippen molar-refractivity contribution in [1.82, 2.24) is 9.97 Å². The Bertz CT molecular complexity index is 1600. The molecule has 0 saturated carbocycles. The summed E-state index contributed by atoms with van der Waals surface area (Å²) in [7, 11) is -1.86. The van der Waals surface area contributed by atoms with E-state index in [2.05, 4.69) is 117 Å². The third-order valence-corrected chi connectivity index (χ3v) is 20.9. The van der Waals surface area contributed by atoms with Crippen LogP contribution in [0.25, 0.3) is 22.5 Å². The Hall–Kier alpha value is -3.23. The van der Waals surface area contributed by atoms with Gasteiger partial charge in [0.05, 0.1) is 30.4 Å². The van der Waals surface area contributed by atoms with Crippen molar-refractivity contribution < 1.29 is 9.84 Å². The van der Waals surface area contributed by atoms with Gasteiger partial charge in [0.15, 0.2) is 0 Å². The van der Waals surface area contributed by atoms with Crippen molar-refractivity contribution >= 4 is 16.1 Å². The molecule has 0 aliphatic rings. The van der Waals surface area contributed by atoms with Gasteiger partial charge in [-0.15, -0.1) is 0 Å². The van der Waals surface area contributed by atoms with E-state index in [-0.39, 0.29) is 5.75 Å². The Kier molecular flexibility index (Phi) is 27.9. The maximum absolute atomic E-state index is 9.26. The molecule has 0 amide bonds. The smallest absolute Gasteiger partial charge is 0.137 e. The SMILES string of the molecule is CC.CCCCCCCCc1ccc(-c2ccc(O)cn2)cc1.CCCCCCCCc1ccc(-c2ccc(OCCCCCCCC[Si](C)(C)C[Si](C)(C)C)cn2)cc1. The lowest BCUT2D eigenvalue weighted by molar-refractivity contribution is 0.303. The molecule has 1 N–H and O–H groups in total. The number of hydrogen-bond acceptors (Lipinski definition) is 4. The summed E-state index contributed by atoms with van der Waals surface area (Å²) in [6, 6.07) is 26.8. The molecule has 2 aromatic heterocycles. The minimum atomic E-state index is -0.960. The van der Waals surface area contributed by atoms with Gasteiger partial charge in [-0.05, 0) is 67.5 Å². The molecule has 0 bridgehead atoms. The summed E-state index contributed by atoms with van der Waals surface area (Å²) in [6.07, 6.45) is 29.8. The van der Waals surface area contributed by atoms with Crippen LogP contribution < -0.4 is 4.74 Å². The molecule has 0 unspecified atom stereocenters. The van der Waals surface area contributed by atoms with Crippen molar-refractivity contribution in [2.75, 3.05) is 6.61 Å². The number of ether oxygens (including phenoxy) is 1. The van der Waals surface area contributed by atoms with Gasteiger partial charge in [-0.2, -0.15) is 0 Å². The zero-order chi connectivity index (χ0) is 43.9. The highest BCUT2D eigenvalue weighted by Gasteiger charge is 2.27. The molecule has 4 aromatic rings. The molecule has 0 saturated heterocycles. The Labute approximate surface area is 371 Å². The highest BCUT2D eigenvalue weighted by molar-refractivity contribution is 6.94. The zero-order valence-electron chi connectivity index (χ0n) is 40.1. The molecule has 60 heavy (non-hydrogen) atoms. The Balaban J connectivity index is 0.000000454. The fraction of sp³-hybridized carbons (Fsp3) is 0.593. The number of aromatic nitrogens is 2. The van der Waals surface area contributed by atoms with Gasteiger partial charge in [-0.3, -0.25) is 9.97 Å². The van der Waals surface area contributed by atoms with Crippen molar-refractivity contribution in [2.45, 2.75) is 201 Å². The predicted molar refractivity (Wildman–Crippen MR) is 270 cm³/mol. The Morgan fingerprint density at radius 2 is 0.917 bits per heavy atom. The molecule has 0 radical (unpaired) electrons. The summed E-state index contributed by atoms with van der Waals surface area (Å²) in [5, 5.41) is 9.26. The fourth-order valence-electron chi connectivity index (χ4n) is 8.22. The van der Waals surface area contributed by atoms with Gasteiger partial charge < -0.3 is 9.84 Å². The quantitative estimate of drug-likeness (QED) is 0.0457. The molecule has 0 spiro atoms. The molecule has 2 aromatic carbocycles. The van der Waals surface area contributed by atoms with E-state index in [1.807, 2.05) is 26.1 Å². The molecule has 0 fully saturated rings. The highest BCUT2D eigenvalue weighted by Crippen LogP contribution is 2.26. The first kappa shape index (κ1) is 52.9. The van der Waals surface area contributed by atoms with Crippen LogP contribution in [0.4, 0.5) is 0 Å². The number of hydrogen-bond donors (Lipinski definition) is 1. The molecular formula is C54H88N2O2Si2. The van der Waals surface area contributed by atoms with Gasteiger partial charge in [-0.25, -0.2) is 0 Å². The highest BCUT2D eigenvalue weighted by atomic mass is 28.4. The maximum Gasteiger partial charge on any atom is 0.137 e. The van der Waals surface area contributed by atoms with Gasteiger partial charge >= 0.3 is 0 Å². The van der Waals surface area contributed by atoms with Crippen molar-refractivity contribution in [2.24, 2.45) is 0 Å². The third kappa shape index (κ3) is 24.9. The minimum absolute atomic E-state index is 0.207. The second-order valence-electron chi connectivity index (χ2n) is 18.8. The summed E-state index contributed by atoms with van der Waals surface area (Å²) in [4.78, 5) is 8.89. The topological polar surface area (TPSA) is 55.2 Å². The number of nitrogens with zero attached hydrogens (tertiary/aromatic N) is 2. The van der Waals surface area contributed by atoms with E-state index in [1.165, 1.54) is 145 Å². The van der Waals surface area contributed by atoms with Crippen molar-refractivity contribution in [3.05, 3.63) is 96.3 Å². The van der Waals surface area contributed by atoms with Crippen LogP contribution in [-0.2, 0) is 12.8 Å². The maximum atomic E-state index is 9.26. The van der Waals surface area contributed by atoms with Gasteiger partial charge in [0.1, 0.15) is 11.5 Å². The average molecular weight is 853 g/mol. The van der Waals surface area contributed by atoms with Crippen LogP contribution in [0.5, 0.6) is 11.5 Å². The number of rotatable bonds is 28. The van der Waals surface area contributed by atoms with E-state index in [4.69, 9.17) is 4.74 Å². The molecule has 6 heteroatoms. The first-order valence-corrected chi connectivity index (χ1v) is 31.5. The summed E-state index contributed by atoms with van der Waals surface area (Å²) in [5.74, 6) is 1.09. The predicted octanol–water partition coefficient (Wildman–Crippen LogP) is 17.3. The van der Waals surface area contributed by atoms with E-state index in [0.29, 0.717) is 0 Å². The Morgan fingerprint density at radius 1 is 0.483 bits per heavy atom. The van der Waals surface area contributed by atoms with E-state index < -0.39 is 16.1 Å². The molecule has 2 heterocycles. The number of unbranched alkanes of at least 4 members (excludes halogenated alkanes) is 15. The second-order valence-corrected chi connectivity index (χ2v) is 30.2. The Morgan fingerprint density at radius 3 is 1.35 bits per heavy atom. The normalized spacial score (nSPS) is 11.3. The first-order chi connectivity index (χ1) is 29.0. The van der Waals surface area contributed by atoms with E-state index in [0.717, 1.165) is 42.1 Å². The van der Waals surface area contributed by atoms with Crippen LogP contribution in [0.2, 0.25) is 44.4 Å². The fourth-order valence-corrected chi connectivity index (χ4v) is 21.6. The van der Waals surface area contributed by atoms with Crippen molar-refractivity contribution in [3.8, 4) is 34.0 Å². The lowest BCUT2D eigenvalue weighted by atomic mass is 10.0. The molecule has 4 rings (SSSR count). The molecule has 0 atom stereocenters. The van der Waals surface area contributed by atoms with Crippen LogP contribution in [-0.4, -0.2) is 37.8 Å². The van der Waals surface area contributed by atoms with Crippen LogP contribution in [0.3, 0.4) is 0 Å². The summed E-state index contributed by atoms with van der Waals surface area (Å²) >= 11 is 0. The molecular weight excluding hydrogens is 765 g/mol. The van der Waals surface area contributed by atoms with Crippen LogP contribution in [0, 0.1) is 0 Å². The molecule has 0 aliphatic carbocycles.